The Labute approximate surface area is 169 Å². The van der Waals surface area contributed by atoms with Gasteiger partial charge in [-0.2, -0.15) is 0 Å². The van der Waals surface area contributed by atoms with E-state index < -0.39 is 23.3 Å². The van der Waals surface area contributed by atoms with Crippen LogP contribution >= 0.6 is 15.9 Å². The van der Waals surface area contributed by atoms with E-state index in [4.69, 9.17) is 8.83 Å². The van der Waals surface area contributed by atoms with Gasteiger partial charge < -0.3 is 8.83 Å². The lowest BCUT2D eigenvalue weighted by Gasteiger charge is -1.90. The van der Waals surface area contributed by atoms with Gasteiger partial charge in [-0.1, -0.05) is 15.9 Å². The highest BCUT2D eigenvalue weighted by Crippen LogP contribution is 2.23. The summed E-state index contributed by atoms with van der Waals surface area (Å²) in [6.07, 6.45) is 0. The van der Waals surface area contributed by atoms with Crippen molar-refractivity contribution in [3.8, 4) is 0 Å². The zero-order valence-electron chi connectivity index (χ0n) is 14.7. The predicted molar refractivity (Wildman–Crippen MR) is 100 cm³/mol. The van der Waals surface area contributed by atoms with Gasteiger partial charge in [0, 0.05) is 29.8 Å². The zero-order chi connectivity index (χ0) is 21.3. The minimum atomic E-state index is -0.991. The molecule has 0 bridgehead atoms. The Morgan fingerprint density at radius 3 is 1.62 bits per heavy atom. The molecule has 0 saturated carbocycles. The van der Waals surface area contributed by atoms with Gasteiger partial charge in [0.2, 0.25) is 5.78 Å². The number of Topliss-reactive ketones (excluding diaryl/α,β-unsaturated/α-hetero) is 2. The van der Waals surface area contributed by atoms with Gasteiger partial charge in [0.25, 0.3) is 0 Å². The van der Waals surface area contributed by atoms with Crippen LogP contribution in [0.25, 0.3) is 21.9 Å². The first-order valence-electron chi connectivity index (χ1n) is 8.07. The van der Waals surface area contributed by atoms with Gasteiger partial charge in [-0.25, -0.2) is 17.6 Å². The van der Waals surface area contributed by atoms with E-state index in [1.807, 2.05) is 0 Å². The summed E-state index contributed by atoms with van der Waals surface area (Å²) in [5, 5.41) is 0.866. The third kappa shape index (κ3) is 4.40. The van der Waals surface area contributed by atoms with Crippen LogP contribution in [0, 0.1) is 23.3 Å². The highest BCUT2D eigenvalue weighted by Gasteiger charge is 2.13. The monoisotopic (exact) mass is 470 g/mol. The lowest BCUT2D eigenvalue weighted by Crippen LogP contribution is -1.96. The minimum Gasteiger partial charge on any atom is -0.453 e. The van der Waals surface area contributed by atoms with Crippen molar-refractivity contribution in [2.75, 3.05) is 5.33 Å². The molecule has 4 rings (SSSR count). The van der Waals surface area contributed by atoms with Crippen LogP contribution in [-0.2, 0) is 0 Å². The number of hydrogen-bond acceptors (Lipinski definition) is 4. The fourth-order valence-corrected chi connectivity index (χ4v) is 2.72. The molecule has 9 heteroatoms. The van der Waals surface area contributed by atoms with Gasteiger partial charge in [0.15, 0.2) is 40.6 Å². The molecule has 0 radical (unpaired) electrons. The largest absolute Gasteiger partial charge is 0.453 e. The maximum absolute atomic E-state index is 12.8. The van der Waals surface area contributed by atoms with Gasteiger partial charge >= 0.3 is 0 Å². The molecule has 0 aliphatic carbocycles. The molecule has 2 heterocycles. The molecule has 0 atom stereocenters. The van der Waals surface area contributed by atoms with Crippen LogP contribution in [0.3, 0.4) is 0 Å². The van der Waals surface area contributed by atoms with Gasteiger partial charge in [0.05, 0.1) is 5.33 Å². The molecule has 0 spiro atoms. The molecule has 0 aliphatic rings. The van der Waals surface area contributed by atoms with Gasteiger partial charge in [0.1, 0.15) is 11.2 Å². The Morgan fingerprint density at radius 2 is 1.17 bits per heavy atom. The molecule has 0 aliphatic heterocycles. The molecular formula is C20H11BrF4O4. The average molecular weight is 471 g/mol. The van der Waals surface area contributed by atoms with E-state index in [9.17, 15) is 27.2 Å². The minimum absolute atomic E-state index is 0.0897. The standard InChI is InChI=1S/C10H5BrF2O2.C10H6F2O2/c11-4-8(14)10-2-5-1-6(12)7(13)3-9(5)15-10;1-5(13)9-3-6-2-7(11)8(12)4-10(6)14-9/h1-3H,4H2;2-4H,1H3. The normalized spacial score (nSPS) is 10.8. The summed E-state index contributed by atoms with van der Waals surface area (Å²) in [6.45, 7) is 1.32. The topological polar surface area (TPSA) is 60.4 Å². The number of carbonyl (C=O) groups is 2. The summed E-state index contributed by atoms with van der Waals surface area (Å²) >= 11 is 2.98. The van der Waals surface area contributed by atoms with Crippen molar-refractivity contribution in [3.63, 3.8) is 0 Å². The summed E-state index contributed by atoms with van der Waals surface area (Å²) in [6, 6.07) is 6.63. The van der Waals surface area contributed by atoms with E-state index in [1.54, 1.807) is 0 Å². The van der Waals surface area contributed by atoms with Gasteiger partial charge in [-0.15, -0.1) is 0 Å². The Hall–Kier alpha value is -2.94. The zero-order valence-corrected chi connectivity index (χ0v) is 16.3. The van der Waals surface area contributed by atoms with Gasteiger partial charge in [-0.3, -0.25) is 9.59 Å². The van der Waals surface area contributed by atoms with Crippen molar-refractivity contribution < 1.29 is 36.0 Å². The smallest absolute Gasteiger partial charge is 0.208 e. The number of rotatable bonds is 3. The third-order valence-corrected chi connectivity index (χ3v) is 4.37. The lowest BCUT2D eigenvalue weighted by atomic mass is 10.2. The molecule has 29 heavy (non-hydrogen) atoms. The van der Waals surface area contributed by atoms with Crippen molar-refractivity contribution in [1.29, 1.82) is 0 Å². The summed E-state index contributed by atoms with van der Waals surface area (Å²) in [5.41, 5.74) is 0.340. The molecule has 0 fully saturated rings. The maximum atomic E-state index is 12.8. The molecule has 0 N–H and O–H groups in total. The first-order chi connectivity index (χ1) is 13.7. The fraction of sp³-hybridized carbons (Fsp3) is 0.100. The number of halogens is 5. The Balaban J connectivity index is 0.000000166. The highest BCUT2D eigenvalue weighted by atomic mass is 79.9. The van der Waals surface area contributed by atoms with E-state index in [0.29, 0.717) is 10.8 Å². The van der Waals surface area contributed by atoms with Crippen molar-refractivity contribution in [2.45, 2.75) is 6.92 Å². The SMILES string of the molecule is CC(=O)c1cc2cc(F)c(F)cc2o1.O=C(CBr)c1cc2cc(F)c(F)cc2o1. The molecule has 0 unspecified atom stereocenters. The number of benzene rings is 2. The number of carbonyl (C=O) groups excluding carboxylic acids is 2. The predicted octanol–water partition coefficient (Wildman–Crippen LogP) is 6.20. The second-order valence-electron chi connectivity index (χ2n) is 5.94. The second kappa shape index (κ2) is 8.20. The van der Waals surface area contributed by atoms with Crippen LogP contribution in [0.4, 0.5) is 17.6 Å². The molecule has 0 saturated heterocycles. The summed E-state index contributed by atoms with van der Waals surface area (Å²) in [4.78, 5) is 22.1. The lowest BCUT2D eigenvalue weighted by molar-refractivity contribution is 0.0984. The number of ketones is 2. The van der Waals surface area contributed by atoms with E-state index in [2.05, 4.69) is 15.9 Å². The Bertz CT molecular complexity index is 1160. The molecular weight excluding hydrogens is 460 g/mol. The summed E-state index contributed by atoms with van der Waals surface area (Å²) < 4.78 is 61.2. The second-order valence-corrected chi connectivity index (χ2v) is 6.50. The van der Waals surface area contributed by atoms with Crippen LogP contribution in [-0.4, -0.2) is 16.9 Å². The highest BCUT2D eigenvalue weighted by molar-refractivity contribution is 9.09. The summed E-state index contributed by atoms with van der Waals surface area (Å²) in [5.74, 6) is -4.24. The van der Waals surface area contributed by atoms with Crippen LogP contribution in [0.2, 0.25) is 0 Å². The van der Waals surface area contributed by atoms with Crippen molar-refractivity contribution in [2.24, 2.45) is 0 Å². The third-order valence-electron chi connectivity index (χ3n) is 3.86. The van der Waals surface area contributed by atoms with Crippen LogP contribution in [0.15, 0.2) is 45.2 Å². The summed E-state index contributed by atoms with van der Waals surface area (Å²) in [7, 11) is 0. The van der Waals surface area contributed by atoms with E-state index in [0.717, 1.165) is 24.3 Å². The van der Waals surface area contributed by atoms with Gasteiger partial charge in [-0.05, 0) is 24.3 Å². The molecule has 0 amide bonds. The first kappa shape index (κ1) is 20.8. The van der Waals surface area contributed by atoms with E-state index >= 15 is 0 Å². The van der Waals surface area contributed by atoms with Crippen LogP contribution in [0.5, 0.6) is 0 Å². The van der Waals surface area contributed by atoms with Crippen molar-refractivity contribution >= 4 is 49.4 Å². The van der Waals surface area contributed by atoms with Crippen LogP contribution < -0.4 is 0 Å². The number of hydrogen-bond donors (Lipinski definition) is 0. The molecule has 4 aromatic rings. The van der Waals surface area contributed by atoms with Crippen molar-refractivity contribution in [1.82, 2.24) is 0 Å². The quantitative estimate of drug-likeness (QED) is 0.203. The fourth-order valence-electron chi connectivity index (χ4n) is 2.45. The molecule has 2 aromatic heterocycles. The van der Waals surface area contributed by atoms with E-state index in [-0.39, 0.29) is 39.6 Å². The van der Waals surface area contributed by atoms with Crippen molar-refractivity contribution in [3.05, 3.63) is 71.2 Å². The van der Waals surface area contributed by atoms with Crippen LogP contribution in [0.1, 0.15) is 28.0 Å². The number of fused-ring (bicyclic) bond motifs is 2. The molecule has 150 valence electrons. The number of alkyl halides is 1. The van der Waals surface area contributed by atoms with E-state index in [1.165, 1.54) is 19.1 Å². The average Bonchev–Trinajstić information content (AvgIpc) is 3.26. The maximum Gasteiger partial charge on any atom is 0.208 e. The molecule has 2 aromatic carbocycles. The Kier molecular flexibility index (Phi) is 5.88. The molecule has 4 nitrogen and oxygen atoms in total. The Morgan fingerprint density at radius 1 is 0.759 bits per heavy atom. The first-order valence-corrected chi connectivity index (χ1v) is 9.19. The number of furan rings is 2.